The molecule has 100 valence electrons. The van der Waals surface area contributed by atoms with Crippen LogP contribution in [-0.4, -0.2) is 19.2 Å². The molecule has 2 heteroatoms. The summed E-state index contributed by atoms with van der Waals surface area (Å²) < 4.78 is 5.17. The molecule has 2 atom stereocenters. The quantitative estimate of drug-likeness (QED) is 0.797. The maximum atomic E-state index is 5.17. The Hall–Kier alpha value is -1.02. The van der Waals surface area contributed by atoms with Gasteiger partial charge in [0.05, 0.1) is 7.11 Å². The van der Waals surface area contributed by atoms with Crippen molar-refractivity contribution < 1.29 is 4.74 Å². The number of benzene rings is 1. The van der Waals surface area contributed by atoms with Gasteiger partial charge >= 0.3 is 0 Å². The normalized spacial score (nSPS) is 18.4. The second-order valence-corrected chi connectivity index (χ2v) is 5.70. The van der Waals surface area contributed by atoms with E-state index in [1.54, 1.807) is 7.11 Å². The number of ether oxygens (including phenoxy) is 1. The molecule has 0 heterocycles. The van der Waals surface area contributed by atoms with Gasteiger partial charge in [-0.15, -0.1) is 0 Å². The van der Waals surface area contributed by atoms with Gasteiger partial charge in [0, 0.05) is 12.1 Å². The van der Waals surface area contributed by atoms with Crippen LogP contribution in [-0.2, 0) is 6.42 Å². The minimum Gasteiger partial charge on any atom is -0.497 e. The van der Waals surface area contributed by atoms with Gasteiger partial charge in [0.25, 0.3) is 0 Å². The highest BCUT2D eigenvalue weighted by molar-refractivity contribution is 5.27. The molecule has 0 aliphatic heterocycles. The minimum absolute atomic E-state index is 0.534. The number of rotatable bonds is 7. The van der Waals surface area contributed by atoms with E-state index in [9.17, 15) is 0 Å². The summed E-state index contributed by atoms with van der Waals surface area (Å²) in [4.78, 5) is 0. The molecule has 0 saturated heterocycles. The van der Waals surface area contributed by atoms with Crippen molar-refractivity contribution in [3.05, 3.63) is 29.8 Å². The van der Waals surface area contributed by atoms with Gasteiger partial charge in [-0.25, -0.2) is 0 Å². The summed E-state index contributed by atoms with van der Waals surface area (Å²) in [7, 11) is 1.71. The summed E-state index contributed by atoms with van der Waals surface area (Å²) in [5.74, 6) is 1.93. The lowest BCUT2D eigenvalue weighted by Crippen LogP contribution is -2.36. The van der Waals surface area contributed by atoms with Crippen molar-refractivity contribution >= 4 is 0 Å². The molecule has 0 amide bonds. The molecule has 2 unspecified atom stereocenters. The lowest BCUT2D eigenvalue weighted by Gasteiger charge is -2.20. The molecule has 0 aromatic heterocycles. The molecule has 1 N–H and O–H groups in total. The van der Waals surface area contributed by atoms with Gasteiger partial charge in [-0.3, -0.25) is 0 Å². The molecule has 1 aromatic rings. The fourth-order valence-electron chi connectivity index (χ4n) is 2.58. The van der Waals surface area contributed by atoms with Crippen LogP contribution in [0.1, 0.15) is 38.7 Å². The summed E-state index contributed by atoms with van der Waals surface area (Å²) in [5, 5.41) is 3.70. The van der Waals surface area contributed by atoms with Gasteiger partial charge in [0.1, 0.15) is 5.75 Å². The van der Waals surface area contributed by atoms with E-state index in [-0.39, 0.29) is 0 Å². The Morgan fingerprint density at radius 2 is 1.83 bits per heavy atom. The largest absolute Gasteiger partial charge is 0.497 e. The number of hydrogen-bond acceptors (Lipinski definition) is 2. The van der Waals surface area contributed by atoms with Crippen molar-refractivity contribution in [3.63, 3.8) is 0 Å². The second kappa shape index (κ2) is 6.24. The van der Waals surface area contributed by atoms with Crippen LogP contribution in [0.2, 0.25) is 0 Å². The maximum absolute atomic E-state index is 5.17. The van der Waals surface area contributed by atoms with Gasteiger partial charge < -0.3 is 10.1 Å². The van der Waals surface area contributed by atoms with Crippen molar-refractivity contribution in [3.8, 4) is 5.75 Å². The lowest BCUT2D eigenvalue weighted by molar-refractivity contribution is 0.413. The van der Waals surface area contributed by atoms with Crippen LogP contribution < -0.4 is 10.1 Å². The highest BCUT2D eigenvalue weighted by atomic mass is 16.5. The van der Waals surface area contributed by atoms with E-state index in [0.717, 1.165) is 18.1 Å². The Labute approximate surface area is 111 Å². The standard InChI is InChI=1S/C16H25NO/c1-12(10-14-4-5-14)17-13(2)11-15-6-8-16(18-3)9-7-15/h6-9,12-14,17H,4-5,10-11H2,1-3H3. The highest BCUT2D eigenvalue weighted by Crippen LogP contribution is 2.33. The Morgan fingerprint density at radius 1 is 1.17 bits per heavy atom. The van der Waals surface area contributed by atoms with Crippen LogP contribution in [0.3, 0.4) is 0 Å². The van der Waals surface area contributed by atoms with E-state index in [4.69, 9.17) is 4.74 Å². The van der Waals surface area contributed by atoms with E-state index in [1.807, 2.05) is 12.1 Å². The maximum Gasteiger partial charge on any atom is 0.118 e. The fraction of sp³-hybridized carbons (Fsp3) is 0.625. The SMILES string of the molecule is COc1ccc(CC(C)NC(C)CC2CC2)cc1. The molecular formula is C16H25NO. The zero-order valence-corrected chi connectivity index (χ0v) is 11.8. The molecule has 1 saturated carbocycles. The monoisotopic (exact) mass is 247 g/mol. The average Bonchev–Trinajstić information content (AvgIpc) is 3.13. The highest BCUT2D eigenvalue weighted by Gasteiger charge is 2.23. The van der Waals surface area contributed by atoms with E-state index in [0.29, 0.717) is 12.1 Å². The zero-order valence-electron chi connectivity index (χ0n) is 11.8. The predicted molar refractivity (Wildman–Crippen MR) is 76.1 cm³/mol. The zero-order chi connectivity index (χ0) is 13.0. The van der Waals surface area contributed by atoms with Crippen LogP contribution in [0.25, 0.3) is 0 Å². The third-order valence-corrected chi connectivity index (χ3v) is 3.65. The number of hydrogen-bond donors (Lipinski definition) is 1. The first-order chi connectivity index (χ1) is 8.67. The molecule has 0 bridgehead atoms. The molecule has 2 nitrogen and oxygen atoms in total. The summed E-state index contributed by atoms with van der Waals surface area (Å²) in [6.45, 7) is 4.58. The van der Waals surface area contributed by atoms with Gasteiger partial charge in [0.2, 0.25) is 0 Å². The van der Waals surface area contributed by atoms with E-state index in [2.05, 4.69) is 31.3 Å². The number of methoxy groups -OCH3 is 1. The van der Waals surface area contributed by atoms with Crippen LogP contribution in [0.15, 0.2) is 24.3 Å². The average molecular weight is 247 g/mol. The summed E-state index contributed by atoms with van der Waals surface area (Å²) >= 11 is 0. The lowest BCUT2D eigenvalue weighted by atomic mass is 10.1. The Kier molecular flexibility index (Phi) is 4.65. The van der Waals surface area contributed by atoms with E-state index >= 15 is 0 Å². The molecule has 1 aromatic carbocycles. The summed E-state index contributed by atoms with van der Waals surface area (Å²) in [6.07, 6.45) is 5.31. The second-order valence-electron chi connectivity index (χ2n) is 5.70. The van der Waals surface area contributed by atoms with Crippen LogP contribution in [0.5, 0.6) is 5.75 Å². The summed E-state index contributed by atoms with van der Waals surface area (Å²) in [5.41, 5.74) is 1.37. The predicted octanol–water partition coefficient (Wildman–Crippen LogP) is 3.40. The van der Waals surface area contributed by atoms with E-state index in [1.165, 1.54) is 24.8 Å². The molecule has 1 fully saturated rings. The van der Waals surface area contributed by atoms with Gasteiger partial charge in [-0.05, 0) is 50.3 Å². The van der Waals surface area contributed by atoms with Crippen LogP contribution >= 0.6 is 0 Å². The van der Waals surface area contributed by atoms with Crippen LogP contribution in [0, 0.1) is 5.92 Å². The molecule has 0 radical (unpaired) electrons. The Balaban J connectivity index is 1.76. The number of nitrogens with one attached hydrogen (secondary N) is 1. The molecule has 0 spiro atoms. The van der Waals surface area contributed by atoms with Gasteiger partial charge in [-0.2, -0.15) is 0 Å². The first kappa shape index (κ1) is 13.4. The Bertz CT molecular complexity index is 356. The fourth-order valence-corrected chi connectivity index (χ4v) is 2.58. The third kappa shape index (κ3) is 4.34. The minimum atomic E-state index is 0.534. The van der Waals surface area contributed by atoms with Crippen molar-refractivity contribution in [2.45, 2.75) is 51.6 Å². The summed E-state index contributed by atoms with van der Waals surface area (Å²) in [6, 6.07) is 9.56. The van der Waals surface area contributed by atoms with Crippen LogP contribution in [0.4, 0.5) is 0 Å². The topological polar surface area (TPSA) is 21.3 Å². The Morgan fingerprint density at radius 3 is 2.39 bits per heavy atom. The first-order valence-electron chi connectivity index (χ1n) is 7.06. The van der Waals surface area contributed by atoms with Crippen molar-refractivity contribution in [1.82, 2.24) is 5.32 Å². The molecular weight excluding hydrogens is 222 g/mol. The van der Waals surface area contributed by atoms with Crippen molar-refractivity contribution in [1.29, 1.82) is 0 Å². The molecule has 1 aliphatic rings. The molecule has 18 heavy (non-hydrogen) atoms. The van der Waals surface area contributed by atoms with Crippen molar-refractivity contribution in [2.24, 2.45) is 5.92 Å². The van der Waals surface area contributed by atoms with Crippen molar-refractivity contribution in [2.75, 3.05) is 7.11 Å². The molecule has 1 aliphatic carbocycles. The smallest absolute Gasteiger partial charge is 0.118 e. The molecule has 2 rings (SSSR count). The first-order valence-corrected chi connectivity index (χ1v) is 7.06. The third-order valence-electron chi connectivity index (χ3n) is 3.65. The van der Waals surface area contributed by atoms with Gasteiger partial charge in [-0.1, -0.05) is 25.0 Å². The van der Waals surface area contributed by atoms with Gasteiger partial charge in [0.15, 0.2) is 0 Å². The van der Waals surface area contributed by atoms with E-state index < -0.39 is 0 Å².